The minimum absolute atomic E-state index is 0.0238. The van der Waals surface area contributed by atoms with E-state index in [1.54, 1.807) is 24.8 Å². The van der Waals surface area contributed by atoms with Gasteiger partial charge >= 0.3 is 6.03 Å². The van der Waals surface area contributed by atoms with Crippen molar-refractivity contribution in [2.75, 3.05) is 18.4 Å². The van der Waals surface area contributed by atoms with Gasteiger partial charge < -0.3 is 15.5 Å². The van der Waals surface area contributed by atoms with E-state index in [0.29, 0.717) is 11.9 Å². The number of nitrogens with zero attached hydrogens (tertiary/aromatic N) is 5. The first-order chi connectivity index (χ1) is 17.9. The molecule has 4 heterocycles. The number of hydrogen-bond acceptors (Lipinski definition) is 6. The molecule has 37 heavy (non-hydrogen) atoms. The molecule has 1 saturated heterocycles. The maximum Gasteiger partial charge on any atom is 0.317 e. The molecule has 3 aromatic heterocycles. The molecule has 190 valence electrons. The highest BCUT2D eigenvalue weighted by Gasteiger charge is 2.26. The lowest BCUT2D eigenvalue weighted by Crippen LogP contribution is -2.50. The lowest BCUT2D eigenvalue weighted by molar-refractivity contribution is 0.173. The standard InChI is InChI=1S/C28H32N8O/c1-28(2,3)34-27(37)36-15-11-20(12-16-36)19-6-8-22(9-7-19)32-26-30-14-10-24(33-26)23-18-31-35-25(23)21-5-4-13-29-17-21/h4-10,13-14,17-18,20H,11-12,15-16H2,1-3H3,(H,31,35)(H,34,37)(H,30,32,33). The average Bonchev–Trinajstić information content (AvgIpc) is 3.39. The number of aromatic amines is 1. The summed E-state index contributed by atoms with van der Waals surface area (Å²) in [6.07, 6.45) is 8.96. The molecule has 1 aliphatic heterocycles. The normalized spacial score (nSPS) is 14.4. The molecule has 0 bridgehead atoms. The number of likely N-dealkylation sites (tertiary alicyclic amines) is 1. The Balaban J connectivity index is 1.22. The van der Waals surface area contributed by atoms with Crippen molar-refractivity contribution >= 4 is 17.7 Å². The molecular weight excluding hydrogens is 464 g/mol. The fourth-order valence-corrected chi connectivity index (χ4v) is 4.56. The number of anilines is 2. The van der Waals surface area contributed by atoms with Gasteiger partial charge in [-0.1, -0.05) is 12.1 Å². The third-order valence-corrected chi connectivity index (χ3v) is 6.42. The maximum absolute atomic E-state index is 12.5. The van der Waals surface area contributed by atoms with Crippen LogP contribution in [0.4, 0.5) is 16.4 Å². The first kappa shape index (κ1) is 24.4. The number of hydrogen-bond donors (Lipinski definition) is 3. The molecule has 1 fully saturated rings. The second-order valence-electron chi connectivity index (χ2n) is 10.4. The molecule has 0 aliphatic carbocycles. The van der Waals surface area contributed by atoms with Crippen molar-refractivity contribution in [1.82, 2.24) is 35.4 Å². The lowest BCUT2D eigenvalue weighted by atomic mass is 9.89. The van der Waals surface area contributed by atoms with Crippen LogP contribution in [-0.2, 0) is 0 Å². The fourth-order valence-electron chi connectivity index (χ4n) is 4.56. The minimum Gasteiger partial charge on any atom is -0.333 e. The number of urea groups is 1. The van der Waals surface area contributed by atoms with Crippen molar-refractivity contribution in [3.8, 4) is 22.5 Å². The smallest absolute Gasteiger partial charge is 0.317 e. The number of carbonyl (C=O) groups excluding carboxylic acids is 1. The Hall–Kier alpha value is -4.27. The Bertz CT molecular complexity index is 1340. The van der Waals surface area contributed by atoms with Crippen LogP contribution in [0, 0.1) is 0 Å². The van der Waals surface area contributed by atoms with Crippen molar-refractivity contribution in [2.24, 2.45) is 0 Å². The first-order valence-electron chi connectivity index (χ1n) is 12.6. The summed E-state index contributed by atoms with van der Waals surface area (Å²) >= 11 is 0. The molecule has 0 spiro atoms. The van der Waals surface area contributed by atoms with Gasteiger partial charge in [0.05, 0.1) is 17.6 Å². The van der Waals surface area contributed by atoms with Gasteiger partial charge in [0.15, 0.2) is 0 Å². The topological polar surface area (TPSA) is 112 Å². The highest BCUT2D eigenvalue weighted by Crippen LogP contribution is 2.31. The number of benzene rings is 1. The third kappa shape index (κ3) is 5.94. The summed E-state index contributed by atoms with van der Waals surface area (Å²) in [6, 6.07) is 14.2. The third-order valence-electron chi connectivity index (χ3n) is 6.42. The molecule has 0 saturated carbocycles. The predicted octanol–water partition coefficient (Wildman–Crippen LogP) is 5.36. The zero-order valence-corrected chi connectivity index (χ0v) is 21.4. The average molecular weight is 497 g/mol. The number of rotatable bonds is 5. The van der Waals surface area contributed by atoms with Crippen molar-refractivity contribution in [3.63, 3.8) is 0 Å². The van der Waals surface area contributed by atoms with Crippen LogP contribution in [0.5, 0.6) is 0 Å². The van der Waals surface area contributed by atoms with Crippen molar-refractivity contribution in [2.45, 2.75) is 45.1 Å². The van der Waals surface area contributed by atoms with Crippen LogP contribution in [0.3, 0.4) is 0 Å². The monoisotopic (exact) mass is 496 g/mol. The van der Waals surface area contributed by atoms with Crippen LogP contribution in [-0.4, -0.2) is 54.7 Å². The Morgan fingerprint density at radius 3 is 2.51 bits per heavy atom. The zero-order valence-electron chi connectivity index (χ0n) is 21.4. The summed E-state index contributed by atoms with van der Waals surface area (Å²) < 4.78 is 0. The van der Waals surface area contributed by atoms with Gasteiger partial charge in [-0.15, -0.1) is 0 Å². The fraction of sp³-hybridized carbons (Fsp3) is 0.321. The van der Waals surface area contributed by atoms with Gasteiger partial charge in [0, 0.05) is 54.0 Å². The zero-order chi connectivity index (χ0) is 25.8. The Morgan fingerprint density at radius 1 is 1.03 bits per heavy atom. The van der Waals surface area contributed by atoms with E-state index in [0.717, 1.165) is 54.1 Å². The Labute approximate surface area is 216 Å². The van der Waals surface area contributed by atoms with E-state index in [9.17, 15) is 4.79 Å². The van der Waals surface area contributed by atoms with E-state index in [1.807, 2.05) is 43.9 Å². The maximum atomic E-state index is 12.5. The van der Waals surface area contributed by atoms with Gasteiger partial charge in [0.1, 0.15) is 0 Å². The van der Waals surface area contributed by atoms with E-state index >= 15 is 0 Å². The Morgan fingerprint density at radius 2 is 1.81 bits per heavy atom. The molecule has 0 unspecified atom stereocenters. The number of nitrogens with one attached hydrogen (secondary N) is 3. The van der Waals surface area contributed by atoms with Crippen LogP contribution in [0.25, 0.3) is 22.5 Å². The van der Waals surface area contributed by atoms with Crippen molar-refractivity contribution in [3.05, 3.63) is 72.8 Å². The molecule has 5 rings (SSSR count). The molecule has 4 aromatic rings. The van der Waals surface area contributed by atoms with Crippen molar-refractivity contribution in [1.29, 1.82) is 0 Å². The van der Waals surface area contributed by atoms with Crippen LogP contribution in [0.1, 0.15) is 45.1 Å². The van der Waals surface area contributed by atoms with Gasteiger partial charge in [-0.25, -0.2) is 14.8 Å². The van der Waals surface area contributed by atoms with Crippen LogP contribution >= 0.6 is 0 Å². The summed E-state index contributed by atoms with van der Waals surface area (Å²) in [4.78, 5) is 27.7. The second kappa shape index (κ2) is 10.4. The Kier molecular flexibility index (Phi) is 6.85. The summed E-state index contributed by atoms with van der Waals surface area (Å²) in [5.41, 5.74) is 5.45. The summed E-state index contributed by atoms with van der Waals surface area (Å²) in [5.74, 6) is 0.959. The van der Waals surface area contributed by atoms with Gasteiger partial charge in [-0.05, 0) is 75.4 Å². The number of aromatic nitrogens is 5. The highest BCUT2D eigenvalue weighted by molar-refractivity contribution is 5.78. The molecule has 0 radical (unpaired) electrons. The number of piperidine rings is 1. The number of H-pyrrole nitrogens is 1. The lowest BCUT2D eigenvalue weighted by Gasteiger charge is -2.34. The van der Waals surface area contributed by atoms with E-state index in [4.69, 9.17) is 4.98 Å². The molecule has 9 nitrogen and oxygen atoms in total. The molecule has 9 heteroatoms. The van der Waals surface area contributed by atoms with Crippen LogP contribution < -0.4 is 10.6 Å². The largest absolute Gasteiger partial charge is 0.333 e. The molecule has 3 N–H and O–H groups in total. The molecule has 1 aliphatic rings. The summed E-state index contributed by atoms with van der Waals surface area (Å²) in [6.45, 7) is 7.55. The quantitative estimate of drug-likeness (QED) is 0.343. The van der Waals surface area contributed by atoms with Crippen LogP contribution in [0.2, 0.25) is 0 Å². The van der Waals surface area contributed by atoms with Gasteiger partial charge in [0.25, 0.3) is 0 Å². The van der Waals surface area contributed by atoms with Gasteiger partial charge in [-0.3, -0.25) is 10.1 Å². The number of carbonyl (C=O) groups is 1. The molecule has 0 atom stereocenters. The van der Waals surface area contributed by atoms with Crippen molar-refractivity contribution < 1.29 is 4.79 Å². The SMILES string of the molecule is CC(C)(C)NC(=O)N1CCC(c2ccc(Nc3nccc(-c4cn[nH]c4-c4cccnc4)n3)cc2)CC1. The van der Waals surface area contributed by atoms with E-state index in [1.165, 1.54) is 5.56 Å². The summed E-state index contributed by atoms with van der Waals surface area (Å²) in [5, 5.41) is 13.6. The van der Waals surface area contributed by atoms with E-state index < -0.39 is 0 Å². The molecule has 2 amide bonds. The molecule has 1 aromatic carbocycles. The summed E-state index contributed by atoms with van der Waals surface area (Å²) in [7, 11) is 0. The van der Waals surface area contributed by atoms with Gasteiger partial charge in [0.2, 0.25) is 5.95 Å². The van der Waals surface area contributed by atoms with Gasteiger partial charge in [-0.2, -0.15) is 5.10 Å². The number of pyridine rings is 1. The van der Waals surface area contributed by atoms with Crippen LogP contribution in [0.15, 0.2) is 67.3 Å². The van der Waals surface area contributed by atoms with E-state index in [-0.39, 0.29) is 11.6 Å². The predicted molar refractivity (Wildman–Crippen MR) is 144 cm³/mol. The molecular formula is C28H32N8O. The first-order valence-corrected chi connectivity index (χ1v) is 12.6. The number of amides is 2. The second-order valence-corrected chi connectivity index (χ2v) is 10.4. The highest BCUT2D eigenvalue weighted by atomic mass is 16.2. The van der Waals surface area contributed by atoms with E-state index in [2.05, 4.69) is 55.1 Å². The minimum atomic E-state index is -0.222.